The number of ketones is 1. The third kappa shape index (κ3) is 3.44. The van der Waals surface area contributed by atoms with Crippen molar-refractivity contribution in [1.82, 2.24) is 0 Å². The van der Waals surface area contributed by atoms with E-state index in [-0.39, 0.29) is 11.5 Å². The van der Waals surface area contributed by atoms with E-state index < -0.39 is 0 Å². The summed E-state index contributed by atoms with van der Waals surface area (Å²) >= 11 is 7.54. The summed E-state index contributed by atoms with van der Waals surface area (Å²) in [5.74, 6) is 0.755. The summed E-state index contributed by atoms with van der Waals surface area (Å²) in [7, 11) is 1.64. The molecule has 3 nitrogen and oxygen atoms in total. The lowest BCUT2D eigenvalue weighted by atomic mass is 9.97. The van der Waals surface area contributed by atoms with Crippen LogP contribution in [0.4, 0.5) is 0 Å². The van der Waals surface area contributed by atoms with Crippen LogP contribution in [-0.2, 0) is 10.5 Å². The normalized spacial score (nSPS) is 16.7. The Bertz CT molecular complexity index is 581. The first-order valence-corrected chi connectivity index (χ1v) is 7.78. The van der Waals surface area contributed by atoms with Crippen LogP contribution in [0.3, 0.4) is 0 Å². The number of allylic oxidation sites excluding steroid dienone is 1. The smallest absolute Gasteiger partial charge is 0.168 e. The highest BCUT2D eigenvalue weighted by molar-refractivity contribution is 8.13. The van der Waals surface area contributed by atoms with E-state index in [2.05, 4.69) is 4.99 Å². The van der Waals surface area contributed by atoms with Crippen molar-refractivity contribution in [3.05, 3.63) is 46.2 Å². The van der Waals surface area contributed by atoms with E-state index in [1.54, 1.807) is 7.05 Å². The van der Waals surface area contributed by atoms with E-state index in [9.17, 15) is 9.90 Å². The Labute approximate surface area is 127 Å². The molecule has 0 saturated carbocycles. The predicted molar refractivity (Wildman–Crippen MR) is 84.6 cm³/mol. The molecule has 0 aromatic heterocycles. The molecule has 20 heavy (non-hydrogen) atoms. The number of aliphatic hydroxyl groups excluding tert-OH is 1. The molecule has 1 aromatic rings. The molecule has 0 fully saturated rings. The summed E-state index contributed by atoms with van der Waals surface area (Å²) in [6.45, 7) is 0. The number of carbonyl (C=O) groups is 1. The highest BCUT2D eigenvalue weighted by Crippen LogP contribution is 2.28. The quantitative estimate of drug-likeness (QED) is 0.673. The summed E-state index contributed by atoms with van der Waals surface area (Å²) in [5.41, 5.74) is 1.37. The lowest BCUT2D eigenvalue weighted by molar-refractivity contribution is -0.115. The molecule has 0 unspecified atom stereocenters. The lowest BCUT2D eigenvalue weighted by Crippen LogP contribution is -2.17. The Hall–Kier alpha value is -1.26. The zero-order chi connectivity index (χ0) is 14.5. The minimum Gasteiger partial charge on any atom is -0.511 e. The fourth-order valence-corrected chi connectivity index (χ4v) is 3.41. The highest BCUT2D eigenvalue weighted by atomic mass is 35.5. The standard InChI is InChI=1S/C15H16ClNO2S/c1-17-15(14-12(18)7-4-8-13(14)19)20-9-10-5-2-3-6-11(10)16/h2-3,5-6,18H,4,7-9H2,1H3. The van der Waals surface area contributed by atoms with Gasteiger partial charge in [0, 0.05) is 30.7 Å². The number of aliphatic imine (C=N–C) groups is 1. The molecule has 0 atom stereocenters. The summed E-state index contributed by atoms with van der Waals surface area (Å²) in [5, 5.41) is 11.2. The number of halogens is 1. The van der Waals surface area contributed by atoms with Gasteiger partial charge < -0.3 is 5.11 Å². The van der Waals surface area contributed by atoms with Crippen LogP contribution in [0.25, 0.3) is 0 Å². The Kier molecular flexibility index (Phi) is 5.26. The monoisotopic (exact) mass is 309 g/mol. The number of thioether (sulfide) groups is 1. The minimum atomic E-state index is -0.0268. The lowest BCUT2D eigenvalue weighted by Gasteiger charge is -2.16. The third-order valence-electron chi connectivity index (χ3n) is 3.12. The van der Waals surface area contributed by atoms with Gasteiger partial charge in [-0.05, 0) is 18.1 Å². The van der Waals surface area contributed by atoms with Crippen LogP contribution in [0.15, 0.2) is 40.6 Å². The zero-order valence-corrected chi connectivity index (χ0v) is 12.8. The van der Waals surface area contributed by atoms with E-state index in [1.807, 2.05) is 24.3 Å². The first-order valence-electron chi connectivity index (χ1n) is 6.42. The van der Waals surface area contributed by atoms with Gasteiger partial charge in [0.2, 0.25) is 0 Å². The van der Waals surface area contributed by atoms with Crippen molar-refractivity contribution in [3.63, 3.8) is 0 Å². The molecule has 0 heterocycles. The van der Waals surface area contributed by atoms with Crippen molar-refractivity contribution in [3.8, 4) is 0 Å². The first kappa shape index (κ1) is 15.1. The molecule has 0 saturated heterocycles. The molecule has 0 amide bonds. The highest BCUT2D eigenvalue weighted by Gasteiger charge is 2.24. The molecule has 0 bridgehead atoms. The van der Waals surface area contributed by atoms with Gasteiger partial charge in [0.25, 0.3) is 0 Å². The van der Waals surface area contributed by atoms with Crippen molar-refractivity contribution < 1.29 is 9.90 Å². The number of hydrogen-bond acceptors (Lipinski definition) is 4. The summed E-state index contributed by atoms with van der Waals surface area (Å²) in [6, 6.07) is 7.58. The molecule has 1 aliphatic carbocycles. The Morgan fingerprint density at radius 3 is 2.80 bits per heavy atom. The maximum absolute atomic E-state index is 11.9. The number of benzene rings is 1. The van der Waals surface area contributed by atoms with E-state index >= 15 is 0 Å². The number of hydrogen-bond donors (Lipinski definition) is 1. The van der Waals surface area contributed by atoms with Crippen molar-refractivity contribution in [2.24, 2.45) is 4.99 Å². The van der Waals surface area contributed by atoms with Crippen molar-refractivity contribution in [2.45, 2.75) is 25.0 Å². The van der Waals surface area contributed by atoms with Crippen molar-refractivity contribution in [2.75, 3.05) is 7.05 Å². The van der Waals surface area contributed by atoms with Crippen LogP contribution in [0.1, 0.15) is 24.8 Å². The van der Waals surface area contributed by atoms with E-state index in [4.69, 9.17) is 11.6 Å². The van der Waals surface area contributed by atoms with Crippen molar-refractivity contribution in [1.29, 1.82) is 0 Å². The molecular formula is C15H16ClNO2S. The van der Waals surface area contributed by atoms with Gasteiger partial charge >= 0.3 is 0 Å². The van der Waals surface area contributed by atoms with Gasteiger partial charge in [0.15, 0.2) is 5.78 Å². The Morgan fingerprint density at radius 2 is 2.15 bits per heavy atom. The van der Waals surface area contributed by atoms with Crippen molar-refractivity contribution >= 4 is 34.2 Å². The van der Waals surface area contributed by atoms with Gasteiger partial charge in [-0.2, -0.15) is 0 Å². The number of Topliss-reactive ketones (excluding diaryl/α,β-unsaturated/α-hetero) is 1. The van der Waals surface area contributed by atoms with E-state index in [0.717, 1.165) is 5.56 Å². The van der Waals surface area contributed by atoms with Crippen LogP contribution >= 0.6 is 23.4 Å². The maximum atomic E-state index is 11.9. The molecular weight excluding hydrogens is 294 g/mol. The molecule has 0 spiro atoms. The summed E-state index contributed by atoms with van der Waals surface area (Å²) < 4.78 is 0. The van der Waals surface area contributed by atoms with Gasteiger partial charge in [0.1, 0.15) is 10.8 Å². The van der Waals surface area contributed by atoms with Gasteiger partial charge in [-0.25, -0.2) is 0 Å². The van der Waals surface area contributed by atoms with Crippen LogP contribution in [0.5, 0.6) is 0 Å². The second-order valence-corrected chi connectivity index (χ2v) is 5.88. The Balaban J connectivity index is 2.15. The van der Waals surface area contributed by atoms with E-state index in [0.29, 0.717) is 40.7 Å². The first-order chi connectivity index (χ1) is 9.63. The van der Waals surface area contributed by atoms with E-state index in [1.165, 1.54) is 11.8 Å². The molecule has 1 aromatic carbocycles. The van der Waals surface area contributed by atoms with Gasteiger partial charge in [-0.3, -0.25) is 9.79 Å². The van der Waals surface area contributed by atoms with Gasteiger partial charge in [-0.15, -0.1) is 11.8 Å². The van der Waals surface area contributed by atoms with Gasteiger partial charge in [0.05, 0.1) is 5.57 Å². The largest absolute Gasteiger partial charge is 0.511 e. The molecule has 1 aliphatic rings. The molecule has 1 N–H and O–H groups in total. The second kappa shape index (κ2) is 6.95. The maximum Gasteiger partial charge on any atom is 0.168 e. The van der Waals surface area contributed by atoms with Gasteiger partial charge in [-0.1, -0.05) is 29.8 Å². The predicted octanol–water partition coefficient (Wildman–Crippen LogP) is 4.17. The fraction of sp³-hybridized carbons (Fsp3) is 0.333. The summed E-state index contributed by atoms with van der Waals surface area (Å²) in [4.78, 5) is 16.1. The average molecular weight is 310 g/mol. The topological polar surface area (TPSA) is 49.7 Å². The molecule has 5 heteroatoms. The number of nitrogens with zero attached hydrogens (tertiary/aromatic N) is 1. The number of rotatable bonds is 3. The van der Waals surface area contributed by atoms with Crippen LogP contribution < -0.4 is 0 Å². The fourth-order valence-electron chi connectivity index (χ4n) is 2.08. The third-order valence-corrected chi connectivity index (χ3v) is 4.61. The molecule has 2 rings (SSSR count). The van der Waals surface area contributed by atoms with Crippen LogP contribution in [0.2, 0.25) is 5.02 Å². The number of carbonyl (C=O) groups excluding carboxylic acids is 1. The SMILES string of the molecule is CN=C(SCc1ccccc1Cl)C1=C(O)CCCC1=O. The minimum absolute atomic E-state index is 0.0268. The summed E-state index contributed by atoms with van der Waals surface area (Å²) in [6.07, 6.45) is 1.73. The van der Waals surface area contributed by atoms with Crippen LogP contribution in [-0.4, -0.2) is 23.0 Å². The molecule has 0 aliphatic heterocycles. The Morgan fingerprint density at radius 1 is 1.40 bits per heavy atom. The average Bonchev–Trinajstić information content (AvgIpc) is 2.43. The van der Waals surface area contributed by atoms with Crippen LogP contribution in [0, 0.1) is 0 Å². The second-order valence-electron chi connectivity index (χ2n) is 4.51. The molecule has 0 radical (unpaired) electrons. The zero-order valence-electron chi connectivity index (χ0n) is 11.2. The number of aliphatic hydroxyl groups is 1. The molecule has 106 valence electrons.